The highest BCUT2D eigenvalue weighted by atomic mass is 16.5. The maximum atomic E-state index is 11.8. The second kappa shape index (κ2) is 9.07. The van der Waals surface area contributed by atoms with Crippen molar-refractivity contribution in [2.75, 3.05) is 19.7 Å². The van der Waals surface area contributed by atoms with Crippen molar-refractivity contribution in [2.45, 2.75) is 52.4 Å². The SMILES string of the molecule is CCCC(c1ccc(/C=C(\C)C(=O)OCC)n1C)C1CCCNC1. The average Bonchev–Trinajstić information content (AvgIpc) is 2.94. The number of carbonyl (C=O) groups excluding carboxylic acids is 1. The van der Waals surface area contributed by atoms with Crippen molar-refractivity contribution >= 4 is 12.0 Å². The standard InChI is InChI=1S/C20H32N2O2/c1-5-8-18(16-9-7-12-21-14-16)19-11-10-17(22(19)4)13-15(3)20(23)24-6-2/h10-11,13,16,18,21H,5-9,12,14H2,1-4H3/b15-13+. The molecule has 1 aromatic heterocycles. The van der Waals surface area contributed by atoms with Crippen LogP contribution in [0.25, 0.3) is 6.08 Å². The van der Waals surface area contributed by atoms with Crippen LogP contribution in [-0.4, -0.2) is 30.2 Å². The summed E-state index contributed by atoms with van der Waals surface area (Å²) in [7, 11) is 2.11. The lowest BCUT2D eigenvalue weighted by Crippen LogP contribution is -2.33. The number of carbonyl (C=O) groups is 1. The Morgan fingerprint density at radius 2 is 2.25 bits per heavy atom. The van der Waals surface area contributed by atoms with Crippen molar-refractivity contribution in [1.29, 1.82) is 0 Å². The van der Waals surface area contributed by atoms with Crippen LogP contribution in [0, 0.1) is 5.92 Å². The third kappa shape index (κ3) is 4.50. The van der Waals surface area contributed by atoms with E-state index < -0.39 is 0 Å². The molecule has 24 heavy (non-hydrogen) atoms. The first-order valence-electron chi connectivity index (χ1n) is 9.30. The van der Waals surface area contributed by atoms with Crippen LogP contribution in [0.1, 0.15) is 63.8 Å². The fourth-order valence-electron chi connectivity index (χ4n) is 3.74. The minimum Gasteiger partial charge on any atom is -0.463 e. The Balaban J connectivity index is 2.22. The molecule has 1 fully saturated rings. The fraction of sp³-hybridized carbons (Fsp3) is 0.650. The molecule has 134 valence electrons. The van der Waals surface area contributed by atoms with Crippen molar-refractivity contribution in [1.82, 2.24) is 9.88 Å². The van der Waals surface area contributed by atoms with E-state index in [0.717, 1.165) is 18.8 Å². The molecule has 0 amide bonds. The first-order chi connectivity index (χ1) is 11.6. The second-order valence-electron chi connectivity index (χ2n) is 6.79. The molecule has 0 radical (unpaired) electrons. The Bertz CT molecular complexity index is 568. The van der Waals surface area contributed by atoms with Crippen LogP contribution in [-0.2, 0) is 16.6 Å². The summed E-state index contributed by atoms with van der Waals surface area (Å²) in [6.07, 6.45) is 6.91. The zero-order valence-corrected chi connectivity index (χ0v) is 15.6. The number of esters is 1. The Morgan fingerprint density at radius 3 is 2.88 bits per heavy atom. The molecule has 1 aliphatic heterocycles. The second-order valence-corrected chi connectivity index (χ2v) is 6.79. The van der Waals surface area contributed by atoms with Crippen LogP contribution in [0.4, 0.5) is 0 Å². The number of nitrogens with one attached hydrogen (secondary N) is 1. The van der Waals surface area contributed by atoms with Crippen LogP contribution < -0.4 is 5.32 Å². The lowest BCUT2D eigenvalue weighted by atomic mass is 9.81. The van der Waals surface area contributed by atoms with Gasteiger partial charge in [0.15, 0.2) is 0 Å². The minimum atomic E-state index is -0.234. The summed E-state index contributed by atoms with van der Waals surface area (Å²) in [4.78, 5) is 11.8. The van der Waals surface area contributed by atoms with Gasteiger partial charge in [-0.1, -0.05) is 13.3 Å². The Labute approximate surface area is 146 Å². The molecule has 2 atom stereocenters. The van der Waals surface area contributed by atoms with E-state index in [9.17, 15) is 4.79 Å². The molecule has 1 aromatic rings. The molecular weight excluding hydrogens is 300 g/mol. The van der Waals surface area contributed by atoms with Crippen molar-refractivity contribution < 1.29 is 9.53 Å². The maximum absolute atomic E-state index is 11.8. The van der Waals surface area contributed by atoms with Gasteiger partial charge in [-0.15, -0.1) is 0 Å². The first kappa shape index (κ1) is 18.8. The van der Waals surface area contributed by atoms with Gasteiger partial charge >= 0.3 is 5.97 Å². The highest BCUT2D eigenvalue weighted by Gasteiger charge is 2.26. The number of rotatable bonds is 7. The molecular formula is C20H32N2O2. The van der Waals surface area contributed by atoms with Crippen LogP contribution in [0.5, 0.6) is 0 Å². The monoisotopic (exact) mass is 332 g/mol. The summed E-state index contributed by atoms with van der Waals surface area (Å²) in [5.74, 6) is 1.05. The van der Waals surface area contributed by atoms with Crippen molar-refractivity contribution in [3.05, 3.63) is 29.1 Å². The van der Waals surface area contributed by atoms with Gasteiger partial charge in [0, 0.05) is 29.9 Å². The molecule has 2 rings (SSSR count). The van der Waals surface area contributed by atoms with E-state index >= 15 is 0 Å². The normalized spacial score (nSPS) is 20.0. The molecule has 0 saturated carbocycles. The lowest BCUT2D eigenvalue weighted by Gasteiger charge is -2.31. The summed E-state index contributed by atoms with van der Waals surface area (Å²) < 4.78 is 7.33. The van der Waals surface area contributed by atoms with E-state index in [1.54, 1.807) is 0 Å². The minimum absolute atomic E-state index is 0.234. The summed E-state index contributed by atoms with van der Waals surface area (Å²) in [5, 5.41) is 3.55. The summed E-state index contributed by atoms with van der Waals surface area (Å²) in [6.45, 7) is 8.59. The topological polar surface area (TPSA) is 43.3 Å². The molecule has 0 bridgehead atoms. The van der Waals surface area contributed by atoms with E-state index in [-0.39, 0.29) is 5.97 Å². The molecule has 1 N–H and O–H groups in total. The van der Waals surface area contributed by atoms with Gasteiger partial charge < -0.3 is 14.6 Å². The molecule has 4 heteroatoms. The lowest BCUT2D eigenvalue weighted by molar-refractivity contribution is -0.138. The third-order valence-corrected chi connectivity index (χ3v) is 5.04. The summed E-state index contributed by atoms with van der Waals surface area (Å²) in [6, 6.07) is 4.36. The van der Waals surface area contributed by atoms with Gasteiger partial charge in [0.05, 0.1) is 6.61 Å². The Kier molecular flexibility index (Phi) is 7.10. The zero-order chi connectivity index (χ0) is 17.5. The molecule has 2 unspecified atom stereocenters. The van der Waals surface area contributed by atoms with E-state index in [4.69, 9.17) is 4.74 Å². The largest absolute Gasteiger partial charge is 0.463 e. The number of hydrogen-bond donors (Lipinski definition) is 1. The van der Waals surface area contributed by atoms with Gasteiger partial charge in [-0.05, 0) is 70.3 Å². The van der Waals surface area contributed by atoms with Gasteiger partial charge in [-0.2, -0.15) is 0 Å². The molecule has 1 saturated heterocycles. The molecule has 0 aliphatic carbocycles. The summed E-state index contributed by atoms with van der Waals surface area (Å²) in [5.41, 5.74) is 3.10. The number of nitrogens with zero attached hydrogens (tertiary/aromatic N) is 1. The predicted molar refractivity (Wildman–Crippen MR) is 98.9 cm³/mol. The average molecular weight is 332 g/mol. The van der Waals surface area contributed by atoms with E-state index in [1.807, 2.05) is 19.9 Å². The van der Waals surface area contributed by atoms with E-state index in [1.165, 1.54) is 31.4 Å². The van der Waals surface area contributed by atoms with Crippen LogP contribution in [0.3, 0.4) is 0 Å². The van der Waals surface area contributed by atoms with Crippen molar-refractivity contribution in [3.63, 3.8) is 0 Å². The fourth-order valence-corrected chi connectivity index (χ4v) is 3.74. The highest BCUT2D eigenvalue weighted by Crippen LogP contribution is 2.34. The van der Waals surface area contributed by atoms with Gasteiger partial charge in [-0.3, -0.25) is 0 Å². The zero-order valence-electron chi connectivity index (χ0n) is 15.6. The van der Waals surface area contributed by atoms with Gasteiger partial charge in [-0.25, -0.2) is 4.79 Å². The van der Waals surface area contributed by atoms with Crippen molar-refractivity contribution in [3.8, 4) is 0 Å². The number of hydrogen-bond acceptors (Lipinski definition) is 3. The number of ether oxygens (including phenoxy) is 1. The van der Waals surface area contributed by atoms with Crippen LogP contribution in [0.15, 0.2) is 17.7 Å². The van der Waals surface area contributed by atoms with Crippen molar-refractivity contribution in [2.24, 2.45) is 13.0 Å². The molecule has 2 heterocycles. The maximum Gasteiger partial charge on any atom is 0.333 e. The number of piperidine rings is 1. The van der Waals surface area contributed by atoms with Gasteiger partial charge in [0.25, 0.3) is 0 Å². The van der Waals surface area contributed by atoms with E-state index in [0.29, 0.717) is 24.0 Å². The third-order valence-electron chi connectivity index (χ3n) is 5.04. The quantitative estimate of drug-likeness (QED) is 0.609. The smallest absolute Gasteiger partial charge is 0.333 e. The Hall–Kier alpha value is -1.55. The van der Waals surface area contributed by atoms with Gasteiger partial charge in [0.1, 0.15) is 0 Å². The molecule has 0 spiro atoms. The van der Waals surface area contributed by atoms with Crippen LogP contribution in [0.2, 0.25) is 0 Å². The van der Waals surface area contributed by atoms with E-state index in [2.05, 4.69) is 36.0 Å². The number of aromatic nitrogens is 1. The first-order valence-corrected chi connectivity index (χ1v) is 9.30. The molecule has 4 nitrogen and oxygen atoms in total. The predicted octanol–water partition coefficient (Wildman–Crippen LogP) is 3.87. The van der Waals surface area contributed by atoms with Crippen LogP contribution >= 0.6 is 0 Å². The molecule has 0 aromatic carbocycles. The molecule has 1 aliphatic rings. The highest BCUT2D eigenvalue weighted by molar-refractivity contribution is 5.92. The Morgan fingerprint density at radius 1 is 1.46 bits per heavy atom. The van der Waals surface area contributed by atoms with Gasteiger partial charge in [0.2, 0.25) is 0 Å². The summed E-state index contributed by atoms with van der Waals surface area (Å²) >= 11 is 0.